The molecule has 186 valence electrons. The standard InChI is InChI=1S/C23H21ClN8O2.CH4O/c1-34-21-13(24)5-4-6-14(21)26-15-11-19(29-22-20(15)23(33)31-30-22)28-18-8-7-17(16(12-25)27-18)32-9-2-3-10-32;1-2/h4-8,11H,2-3,9-10H2,1H3,(H4,26,27,28,29,30,31,33);2H,1H3. The maximum atomic E-state index is 12.4. The first kappa shape index (κ1) is 24.8. The fraction of sp³-hybridized carbons (Fsp3) is 0.250. The molecule has 5 rings (SSSR count). The lowest BCUT2D eigenvalue weighted by atomic mass is 10.2. The molecular weight excluding hydrogens is 484 g/mol. The average Bonchev–Trinajstić information content (AvgIpc) is 3.56. The molecule has 1 aliphatic heterocycles. The van der Waals surface area contributed by atoms with Crippen LogP contribution in [0.5, 0.6) is 5.75 Å². The summed E-state index contributed by atoms with van der Waals surface area (Å²) in [5, 5.41) is 29.1. The van der Waals surface area contributed by atoms with Crippen molar-refractivity contribution in [2.24, 2.45) is 0 Å². The van der Waals surface area contributed by atoms with Gasteiger partial charge in [-0.25, -0.2) is 9.97 Å². The van der Waals surface area contributed by atoms with E-state index in [9.17, 15) is 10.1 Å². The van der Waals surface area contributed by atoms with Gasteiger partial charge in [0.15, 0.2) is 17.1 Å². The third kappa shape index (κ3) is 4.91. The summed E-state index contributed by atoms with van der Waals surface area (Å²) in [4.78, 5) is 23.6. The number of nitrogens with one attached hydrogen (secondary N) is 4. The zero-order valence-electron chi connectivity index (χ0n) is 19.7. The van der Waals surface area contributed by atoms with Crippen molar-refractivity contribution in [3.8, 4) is 11.8 Å². The van der Waals surface area contributed by atoms with E-state index in [0.29, 0.717) is 50.5 Å². The van der Waals surface area contributed by atoms with Crippen LogP contribution in [-0.4, -0.2) is 52.6 Å². The molecule has 4 heterocycles. The van der Waals surface area contributed by atoms with Gasteiger partial charge < -0.3 is 25.4 Å². The van der Waals surface area contributed by atoms with Crippen LogP contribution < -0.4 is 25.8 Å². The summed E-state index contributed by atoms with van der Waals surface area (Å²) in [5.41, 5.74) is 2.30. The minimum atomic E-state index is -0.322. The Bertz CT molecular complexity index is 1470. The summed E-state index contributed by atoms with van der Waals surface area (Å²) in [5.74, 6) is 1.35. The van der Waals surface area contributed by atoms with Gasteiger partial charge in [0.1, 0.15) is 23.1 Å². The zero-order valence-corrected chi connectivity index (χ0v) is 20.5. The summed E-state index contributed by atoms with van der Waals surface area (Å²) in [6, 6.07) is 12.9. The Morgan fingerprint density at radius 2 is 1.86 bits per heavy atom. The third-order valence-corrected chi connectivity index (χ3v) is 5.96. The van der Waals surface area contributed by atoms with E-state index in [1.54, 1.807) is 24.3 Å². The van der Waals surface area contributed by atoms with Crippen molar-refractivity contribution in [3.05, 3.63) is 57.5 Å². The SMILES string of the molecule is CO.COc1c(Cl)cccc1Nc1cc(Nc2ccc(N3CCCC3)c(C#N)n2)nc2[nH][nH]c(=O)c12. The summed E-state index contributed by atoms with van der Waals surface area (Å²) in [6.45, 7) is 1.84. The molecule has 1 saturated heterocycles. The minimum absolute atomic E-state index is 0.322. The fourth-order valence-electron chi connectivity index (χ4n) is 4.11. The molecule has 11 nitrogen and oxygen atoms in total. The number of H-pyrrole nitrogens is 2. The number of pyridine rings is 2. The number of aliphatic hydroxyl groups excluding tert-OH is 1. The molecule has 0 amide bonds. The smallest absolute Gasteiger partial charge is 0.275 e. The summed E-state index contributed by atoms with van der Waals surface area (Å²) >= 11 is 6.25. The number of benzene rings is 1. The molecule has 3 aromatic heterocycles. The van der Waals surface area contributed by atoms with Gasteiger partial charge in [-0.15, -0.1) is 0 Å². The maximum Gasteiger partial charge on any atom is 0.275 e. The second kappa shape index (κ2) is 11.0. The Balaban J connectivity index is 0.00000148. The number of methoxy groups -OCH3 is 1. The number of aromatic nitrogens is 4. The lowest BCUT2D eigenvalue weighted by Gasteiger charge is -2.19. The van der Waals surface area contributed by atoms with Crippen molar-refractivity contribution in [1.29, 1.82) is 5.26 Å². The number of anilines is 5. The Kier molecular flexibility index (Phi) is 7.58. The highest BCUT2D eigenvalue weighted by Gasteiger charge is 2.18. The molecule has 0 radical (unpaired) electrons. The normalized spacial score (nSPS) is 12.6. The van der Waals surface area contributed by atoms with Crippen molar-refractivity contribution in [3.63, 3.8) is 0 Å². The monoisotopic (exact) mass is 508 g/mol. The van der Waals surface area contributed by atoms with Gasteiger partial charge in [0.05, 0.1) is 29.2 Å². The van der Waals surface area contributed by atoms with E-state index in [1.807, 2.05) is 12.1 Å². The van der Waals surface area contributed by atoms with E-state index in [1.165, 1.54) is 7.11 Å². The van der Waals surface area contributed by atoms with Crippen LogP contribution in [0.25, 0.3) is 11.0 Å². The second-order valence-electron chi connectivity index (χ2n) is 7.80. The summed E-state index contributed by atoms with van der Waals surface area (Å²) in [7, 11) is 2.52. The van der Waals surface area contributed by atoms with Gasteiger partial charge in [-0.05, 0) is 37.1 Å². The van der Waals surface area contributed by atoms with Gasteiger partial charge >= 0.3 is 0 Å². The first-order chi connectivity index (χ1) is 17.6. The van der Waals surface area contributed by atoms with Crippen molar-refractivity contribution < 1.29 is 9.84 Å². The quantitative estimate of drug-likeness (QED) is 0.261. The van der Waals surface area contributed by atoms with Gasteiger partial charge in [0, 0.05) is 26.3 Å². The number of ether oxygens (including phenoxy) is 1. The molecule has 0 unspecified atom stereocenters. The molecule has 0 aliphatic carbocycles. The van der Waals surface area contributed by atoms with Gasteiger partial charge in [-0.3, -0.25) is 15.0 Å². The predicted molar refractivity (Wildman–Crippen MR) is 140 cm³/mol. The second-order valence-corrected chi connectivity index (χ2v) is 8.21. The number of aliphatic hydroxyl groups is 1. The van der Waals surface area contributed by atoms with Crippen molar-refractivity contribution in [2.75, 3.05) is 42.8 Å². The molecule has 0 atom stereocenters. The molecule has 0 spiro atoms. The molecule has 1 aromatic carbocycles. The van der Waals surface area contributed by atoms with Crippen LogP contribution >= 0.6 is 11.6 Å². The van der Waals surface area contributed by atoms with Gasteiger partial charge in [-0.2, -0.15) is 5.26 Å². The van der Waals surface area contributed by atoms with Crippen LogP contribution in [-0.2, 0) is 0 Å². The highest BCUT2D eigenvalue weighted by atomic mass is 35.5. The lowest BCUT2D eigenvalue weighted by molar-refractivity contribution is 0.399. The number of rotatable bonds is 6. The minimum Gasteiger partial charge on any atom is -0.493 e. The Morgan fingerprint density at radius 1 is 1.08 bits per heavy atom. The lowest BCUT2D eigenvalue weighted by Crippen LogP contribution is -2.19. The number of fused-ring (bicyclic) bond motifs is 1. The van der Waals surface area contributed by atoms with Crippen LogP contribution in [0.1, 0.15) is 18.5 Å². The molecule has 0 bridgehead atoms. The summed E-state index contributed by atoms with van der Waals surface area (Å²) < 4.78 is 5.41. The molecule has 5 N–H and O–H groups in total. The molecule has 0 saturated carbocycles. The molecule has 36 heavy (non-hydrogen) atoms. The van der Waals surface area contributed by atoms with E-state index in [2.05, 4.69) is 41.8 Å². The number of aromatic amines is 2. The zero-order chi connectivity index (χ0) is 25.7. The van der Waals surface area contributed by atoms with Crippen LogP contribution in [0.15, 0.2) is 41.2 Å². The maximum absolute atomic E-state index is 12.4. The van der Waals surface area contributed by atoms with Crippen LogP contribution in [0, 0.1) is 11.3 Å². The van der Waals surface area contributed by atoms with E-state index < -0.39 is 0 Å². The number of para-hydroxylation sites is 1. The number of hydrogen-bond donors (Lipinski definition) is 5. The number of hydrogen-bond acceptors (Lipinski definition) is 9. The third-order valence-electron chi connectivity index (χ3n) is 5.66. The first-order valence-corrected chi connectivity index (χ1v) is 11.5. The van der Waals surface area contributed by atoms with Gasteiger partial charge in [-0.1, -0.05) is 17.7 Å². The molecule has 12 heteroatoms. The molecule has 4 aromatic rings. The topological polar surface area (TPSA) is 155 Å². The highest BCUT2D eigenvalue weighted by molar-refractivity contribution is 6.32. The van der Waals surface area contributed by atoms with Crippen LogP contribution in [0.4, 0.5) is 28.7 Å². The Hall–Kier alpha value is -4.27. The van der Waals surface area contributed by atoms with E-state index >= 15 is 0 Å². The molecule has 1 aliphatic rings. The fourth-order valence-corrected chi connectivity index (χ4v) is 4.37. The number of nitrogens with zero attached hydrogens (tertiary/aromatic N) is 4. The molecular formula is C24H25ClN8O3. The Labute approximate surface area is 211 Å². The molecule has 1 fully saturated rings. The van der Waals surface area contributed by atoms with Crippen molar-refractivity contribution >= 4 is 51.3 Å². The van der Waals surface area contributed by atoms with Crippen LogP contribution in [0.2, 0.25) is 5.02 Å². The average molecular weight is 509 g/mol. The van der Waals surface area contributed by atoms with Crippen LogP contribution in [0.3, 0.4) is 0 Å². The van der Waals surface area contributed by atoms with Gasteiger partial charge in [0.2, 0.25) is 0 Å². The largest absolute Gasteiger partial charge is 0.493 e. The van der Waals surface area contributed by atoms with Crippen molar-refractivity contribution in [2.45, 2.75) is 12.8 Å². The van der Waals surface area contributed by atoms with E-state index in [4.69, 9.17) is 21.4 Å². The van der Waals surface area contributed by atoms with Gasteiger partial charge in [0.25, 0.3) is 5.56 Å². The predicted octanol–water partition coefficient (Wildman–Crippen LogP) is 3.88. The number of nitriles is 1. The van der Waals surface area contributed by atoms with E-state index in [-0.39, 0.29) is 5.56 Å². The first-order valence-electron chi connectivity index (χ1n) is 11.2. The number of halogens is 1. The van der Waals surface area contributed by atoms with Crippen molar-refractivity contribution in [1.82, 2.24) is 20.2 Å². The van der Waals surface area contributed by atoms with E-state index in [0.717, 1.165) is 38.7 Å². The highest BCUT2D eigenvalue weighted by Crippen LogP contribution is 2.36. The Morgan fingerprint density at radius 3 is 2.58 bits per heavy atom. The summed E-state index contributed by atoms with van der Waals surface area (Å²) in [6.07, 6.45) is 2.22.